The molecule has 1 unspecified atom stereocenters. The first-order valence-electron chi connectivity index (χ1n) is 6.83. The van der Waals surface area contributed by atoms with Crippen LogP contribution in [-0.2, 0) is 11.3 Å². The summed E-state index contributed by atoms with van der Waals surface area (Å²) in [4.78, 5) is 12.2. The first-order valence-corrected chi connectivity index (χ1v) is 6.83. The van der Waals surface area contributed by atoms with Gasteiger partial charge in [0.2, 0.25) is 5.91 Å². The van der Waals surface area contributed by atoms with Crippen molar-refractivity contribution in [3.63, 3.8) is 0 Å². The van der Waals surface area contributed by atoms with Crippen LogP contribution in [0.4, 0.5) is 0 Å². The van der Waals surface area contributed by atoms with Crippen molar-refractivity contribution >= 4 is 5.91 Å². The number of hydrogen-bond acceptors (Lipinski definition) is 4. The summed E-state index contributed by atoms with van der Waals surface area (Å²) in [5.74, 6) is 1.40. The maximum Gasteiger partial charge on any atom is 0.240 e. The van der Waals surface area contributed by atoms with Gasteiger partial charge in [0.15, 0.2) is 11.5 Å². The number of hydrogen-bond donors (Lipinski definition) is 2. The predicted octanol–water partition coefficient (Wildman–Crippen LogP) is 1.46. The largest absolute Gasteiger partial charge is 0.493 e. The van der Waals surface area contributed by atoms with Crippen LogP contribution in [0.3, 0.4) is 0 Å². The maximum atomic E-state index is 12.2. The lowest BCUT2D eigenvalue weighted by atomic mass is 9.99. The molecule has 0 spiro atoms. The molecule has 1 aliphatic heterocycles. The Labute approximate surface area is 119 Å². The highest BCUT2D eigenvalue weighted by Gasteiger charge is 2.35. The van der Waals surface area contributed by atoms with Crippen molar-refractivity contribution in [2.24, 2.45) is 0 Å². The lowest BCUT2D eigenvalue weighted by Crippen LogP contribution is -2.50. The first-order chi connectivity index (χ1) is 9.59. The summed E-state index contributed by atoms with van der Waals surface area (Å²) in [5, 5.41) is 6.23. The van der Waals surface area contributed by atoms with Crippen LogP contribution in [-0.4, -0.2) is 32.2 Å². The van der Waals surface area contributed by atoms with E-state index in [9.17, 15) is 4.79 Å². The van der Waals surface area contributed by atoms with E-state index >= 15 is 0 Å². The lowest BCUT2D eigenvalue weighted by molar-refractivity contribution is -0.126. The van der Waals surface area contributed by atoms with E-state index in [0.29, 0.717) is 18.0 Å². The third kappa shape index (κ3) is 3.04. The fraction of sp³-hybridized carbons (Fsp3) is 0.533. The third-order valence-electron chi connectivity index (χ3n) is 3.77. The molecule has 0 aliphatic carbocycles. The van der Waals surface area contributed by atoms with Crippen LogP contribution >= 0.6 is 0 Å². The Morgan fingerprint density at radius 2 is 2.10 bits per heavy atom. The van der Waals surface area contributed by atoms with Gasteiger partial charge in [0.05, 0.1) is 19.8 Å². The Morgan fingerprint density at radius 3 is 2.70 bits per heavy atom. The molecular weight excluding hydrogens is 256 g/mol. The molecule has 2 rings (SSSR count). The van der Waals surface area contributed by atoms with E-state index in [2.05, 4.69) is 10.6 Å². The Kier molecular flexibility index (Phi) is 4.49. The highest BCUT2D eigenvalue weighted by Crippen LogP contribution is 2.27. The Balaban J connectivity index is 1.98. The number of amides is 1. The number of ether oxygens (including phenoxy) is 2. The summed E-state index contributed by atoms with van der Waals surface area (Å²) in [7, 11) is 3.20. The molecule has 1 atom stereocenters. The number of methoxy groups -OCH3 is 2. The number of rotatable bonds is 5. The average molecular weight is 278 g/mol. The molecule has 1 amide bonds. The molecule has 1 heterocycles. The highest BCUT2D eigenvalue weighted by atomic mass is 16.5. The minimum absolute atomic E-state index is 0.0461. The van der Waals surface area contributed by atoms with Gasteiger partial charge in [-0.25, -0.2) is 0 Å². The van der Waals surface area contributed by atoms with Crippen LogP contribution in [0.15, 0.2) is 18.2 Å². The Bertz CT molecular complexity index is 482. The van der Waals surface area contributed by atoms with Gasteiger partial charge in [-0.2, -0.15) is 0 Å². The number of benzene rings is 1. The fourth-order valence-electron chi connectivity index (χ4n) is 2.46. The fourth-order valence-corrected chi connectivity index (χ4v) is 2.46. The van der Waals surface area contributed by atoms with Crippen LogP contribution in [0.5, 0.6) is 11.5 Å². The van der Waals surface area contributed by atoms with Crippen molar-refractivity contribution in [1.29, 1.82) is 0 Å². The summed E-state index contributed by atoms with van der Waals surface area (Å²) in [6.07, 6.45) is 1.92. The molecule has 1 saturated heterocycles. The second-order valence-corrected chi connectivity index (χ2v) is 5.23. The average Bonchev–Trinajstić information content (AvgIpc) is 2.92. The van der Waals surface area contributed by atoms with Gasteiger partial charge in [0.25, 0.3) is 0 Å². The van der Waals surface area contributed by atoms with Gasteiger partial charge in [-0.3, -0.25) is 4.79 Å². The van der Waals surface area contributed by atoms with Crippen LogP contribution in [0, 0.1) is 0 Å². The molecule has 1 aromatic rings. The minimum atomic E-state index is -0.434. The van der Waals surface area contributed by atoms with Crippen molar-refractivity contribution in [3.05, 3.63) is 23.8 Å². The summed E-state index contributed by atoms with van der Waals surface area (Å²) < 4.78 is 10.4. The summed E-state index contributed by atoms with van der Waals surface area (Å²) in [5.41, 5.74) is 0.550. The molecule has 110 valence electrons. The molecule has 0 saturated carbocycles. The molecular formula is C15H22N2O3. The SMILES string of the molecule is COc1ccc(CNC(=O)C2(C)CCCN2)cc1OC. The Morgan fingerprint density at radius 1 is 1.35 bits per heavy atom. The zero-order valence-corrected chi connectivity index (χ0v) is 12.3. The second kappa shape index (κ2) is 6.13. The van der Waals surface area contributed by atoms with Crippen LogP contribution < -0.4 is 20.1 Å². The van der Waals surface area contributed by atoms with Gasteiger partial charge in [-0.15, -0.1) is 0 Å². The maximum absolute atomic E-state index is 12.2. The van der Waals surface area contributed by atoms with Crippen LogP contribution in [0.2, 0.25) is 0 Å². The zero-order valence-electron chi connectivity index (χ0n) is 12.3. The minimum Gasteiger partial charge on any atom is -0.493 e. The van der Waals surface area contributed by atoms with Gasteiger partial charge >= 0.3 is 0 Å². The molecule has 5 nitrogen and oxygen atoms in total. The molecule has 1 aromatic carbocycles. The molecule has 1 fully saturated rings. The quantitative estimate of drug-likeness (QED) is 0.856. The molecule has 0 aromatic heterocycles. The van der Waals surface area contributed by atoms with Crippen molar-refractivity contribution in [2.45, 2.75) is 31.8 Å². The van der Waals surface area contributed by atoms with E-state index in [0.717, 1.165) is 24.9 Å². The van der Waals surface area contributed by atoms with E-state index in [-0.39, 0.29) is 5.91 Å². The molecule has 0 radical (unpaired) electrons. The molecule has 20 heavy (non-hydrogen) atoms. The highest BCUT2D eigenvalue weighted by molar-refractivity contribution is 5.86. The van der Waals surface area contributed by atoms with Crippen molar-refractivity contribution < 1.29 is 14.3 Å². The van der Waals surface area contributed by atoms with Crippen molar-refractivity contribution in [2.75, 3.05) is 20.8 Å². The summed E-state index contributed by atoms with van der Waals surface area (Å²) in [6.45, 7) is 3.33. The smallest absolute Gasteiger partial charge is 0.240 e. The summed E-state index contributed by atoms with van der Waals surface area (Å²) in [6, 6.07) is 5.64. The zero-order chi connectivity index (χ0) is 14.6. The molecule has 0 bridgehead atoms. The topological polar surface area (TPSA) is 59.6 Å². The third-order valence-corrected chi connectivity index (χ3v) is 3.77. The molecule has 1 aliphatic rings. The first kappa shape index (κ1) is 14.7. The van der Waals surface area contributed by atoms with Gasteiger partial charge in [-0.05, 0) is 44.0 Å². The molecule has 2 N–H and O–H groups in total. The van der Waals surface area contributed by atoms with Gasteiger partial charge < -0.3 is 20.1 Å². The summed E-state index contributed by atoms with van der Waals surface area (Å²) >= 11 is 0. The van der Waals surface area contributed by atoms with Crippen LogP contribution in [0.1, 0.15) is 25.3 Å². The van der Waals surface area contributed by atoms with E-state index in [1.54, 1.807) is 14.2 Å². The number of carbonyl (C=O) groups is 1. The van der Waals surface area contributed by atoms with Crippen LogP contribution in [0.25, 0.3) is 0 Å². The lowest BCUT2D eigenvalue weighted by Gasteiger charge is -2.23. The van der Waals surface area contributed by atoms with Crippen molar-refractivity contribution in [3.8, 4) is 11.5 Å². The van der Waals surface area contributed by atoms with Crippen molar-refractivity contribution in [1.82, 2.24) is 10.6 Å². The standard InChI is InChI=1S/C15H22N2O3/c1-15(7-4-8-17-15)14(18)16-10-11-5-6-12(19-2)13(9-11)20-3/h5-6,9,17H,4,7-8,10H2,1-3H3,(H,16,18). The predicted molar refractivity (Wildman–Crippen MR) is 77.0 cm³/mol. The molecule has 5 heteroatoms. The van der Waals surface area contributed by atoms with Gasteiger partial charge in [-0.1, -0.05) is 6.07 Å². The van der Waals surface area contributed by atoms with Gasteiger partial charge in [0.1, 0.15) is 0 Å². The van der Waals surface area contributed by atoms with Gasteiger partial charge in [0, 0.05) is 6.54 Å². The monoisotopic (exact) mass is 278 g/mol. The Hall–Kier alpha value is -1.75. The van der Waals surface area contributed by atoms with E-state index in [1.807, 2.05) is 25.1 Å². The second-order valence-electron chi connectivity index (χ2n) is 5.23. The number of carbonyl (C=O) groups excluding carboxylic acids is 1. The normalized spacial score (nSPS) is 21.6. The number of nitrogens with one attached hydrogen (secondary N) is 2. The van der Waals surface area contributed by atoms with E-state index in [1.165, 1.54) is 0 Å². The van der Waals surface area contributed by atoms with E-state index in [4.69, 9.17) is 9.47 Å². The van der Waals surface area contributed by atoms with E-state index < -0.39 is 5.54 Å².